The average Bonchev–Trinajstić information content (AvgIpc) is 2.28. The monoisotopic (exact) mass is 273 g/mol. The van der Waals surface area contributed by atoms with Gasteiger partial charge in [-0.05, 0) is 34.1 Å². The molecule has 0 rings (SSSR count). The number of nitrogens with zero attached hydrogens (tertiary/aromatic N) is 1. The van der Waals surface area contributed by atoms with E-state index in [1.807, 2.05) is 27.7 Å². The summed E-state index contributed by atoms with van der Waals surface area (Å²) < 4.78 is 10.1. The van der Waals surface area contributed by atoms with Gasteiger partial charge in [0.25, 0.3) is 0 Å². The first kappa shape index (κ1) is 17.7. The van der Waals surface area contributed by atoms with Crippen molar-refractivity contribution in [2.75, 3.05) is 13.2 Å². The predicted octanol–water partition coefficient (Wildman–Crippen LogP) is 2.98. The maximum Gasteiger partial charge on any atom is 0.410 e. The highest BCUT2D eigenvalue weighted by molar-refractivity contribution is 5.73. The molecule has 1 unspecified atom stereocenters. The van der Waals surface area contributed by atoms with E-state index in [1.54, 1.807) is 11.8 Å². The van der Waals surface area contributed by atoms with Gasteiger partial charge in [0, 0.05) is 12.1 Å². The van der Waals surface area contributed by atoms with Crippen LogP contribution in [0.25, 0.3) is 0 Å². The van der Waals surface area contributed by atoms with Crippen molar-refractivity contribution in [3.63, 3.8) is 0 Å². The van der Waals surface area contributed by atoms with Crippen LogP contribution in [0.4, 0.5) is 4.79 Å². The SMILES string of the molecule is CCCCOC(=O)CC(C)N(C(=O)OCC)C(C)C. The minimum Gasteiger partial charge on any atom is -0.466 e. The van der Waals surface area contributed by atoms with E-state index in [-0.39, 0.29) is 30.6 Å². The normalized spacial score (nSPS) is 12.1. The van der Waals surface area contributed by atoms with Crippen molar-refractivity contribution < 1.29 is 19.1 Å². The molecule has 0 fully saturated rings. The van der Waals surface area contributed by atoms with E-state index < -0.39 is 0 Å². The lowest BCUT2D eigenvalue weighted by molar-refractivity contribution is -0.145. The van der Waals surface area contributed by atoms with Crippen LogP contribution in [0.5, 0.6) is 0 Å². The highest BCUT2D eigenvalue weighted by atomic mass is 16.6. The second kappa shape index (κ2) is 9.64. The zero-order valence-electron chi connectivity index (χ0n) is 12.8. The summed E-state index contributed by atoms with van der Waals surface area (Å²) in [5.41, 5.74) is 0. The molecular formula is C14H27NO4. The predicted molar refractivity (Wildman–Crippen MR) is 73.9 cm³/mol. The van der Waals surface area contributed by atoms with Gasteiger partial charge in [0.05, 0.1) is 19.6 Å². The van der Waals surface area contributed by atoms with E-state index in [0.29, 0.717) is 13.2 Å². The van der Waals surface area contributed by atoms with Crippen LogP contribution in [0.3, 0.4) is 0 Å². The Kier molecular flexibility index (Phi) is 9.00. The number of esters is 1. The van der Waals surface area contributed by atoms with Gasteiger partial charge in [0.15, 0.2) is 0 Å². The van der Waals surface area contributed by atoms with Gasteiger partial charge in [-0.1, -0.05) is 13.3 Å². The minimum atomic E-state index is -0.383. The first-order valence-corrected chi connectivity index (χ1v) is 7.04. The molecule has 0 aromatic heterocycles. The maximum atomic E-state index is 11.8. The number of hydrogen-bond donors (Lipinski definition) is 0. The molecule has 0 spiro atoms. The lowest BCUT2D eigenvalue weighted by Crippen LogP contribution is -2.44. The molecule has 112 valence electrons. The summed E-state index contributed by atoms with van der Waals surface area (Å²) in [4.78, 5) is 25.0. The van der Waals surface area contributed by atoms with Crippen molar-refractivity contribution in [1.82, 2.24) is 4.90 Å². The van der Waals surface area contributed by atoms with E-state index in [0.717, 1.165) is 12.8 Å². The molecule has 19 heavy (non-hydrogen) atoms. The van der Waals surface area contributed by atoms with Gasteiger partial charge in [-0.25, -0.2) is 4.79 Å². The number of hydrogen-bond acceptors (Lipinski definition) is 4. The molecule has 0 saturated carbocycles. The number of unbranched alkanes of at least 4 members (excludes halogenated alkanes) is 1. The molecule has 0 saturated heterocycles. The molecule has 0 radical (unpaired) electrons. The fraction of sp³-hybridized carbons (Fsp3) is 0.857. The lowest BCUT2D eigenvalue weighted by Gasteiger charge is -2.31. The highest BCUT2D eigenvalue weighted by Gasteiger charge is 2.26. The van der Waals surface area contributed by atoms with Gasteiger partial charge in [0.2, 0.25) is 0 Å². The molecular weight excluding hydrogens is 246 g/mol. The lowest BCUT2D eigenvalue weighted by atomic mass is 10.1. The topological polar surface area (TPSA) is 55.8 Å². The minimum absolute atomic E-state index is 0.0162. The van der Waals surface area contributed by atoms with Gasteiger partial charge < -0.3 is 14.4 Å². The third kappa shape index (κ3) is 7.03. The molecule has 0 aliphatic carbocycles. The van der Waals surface area contributed by atoms with E-state index in [4.69, 9.17) is 9.47 Å². The molecule has 0 aromatic carbocycles. The number of carbonyl (C=O) groups excluding carboxylic acids is 2. The maximum absolute atomic E-state index is 11.8. The summed E-state index contributed by atoms with van der Waals surface area (Å²) >= 11 is 0. The quantitative estimate of drug-likeness (QED) is 0.504. The van der Waals surface area contributed by atoms with Crippen LogP contribution >= 0.6 is 0 Å². The van der Waals surface area contributed by atoms with E-state index in [1.165, 1.54) is 0 Å². The van der Waals surface area contributed by atoms with Gasteiger partial charge in [0.1, 0.15) is 0 Å². The van der Waals surface area contributed by atoms with Crippen molar-refractivity contribution in [1.29, 1.82) is 0 Å². The highest BCUT2D eigenvalue weighted by Crippen LogP contribution is 2.12. The van der Waals surface area contributed by atoms with E-state index in [2.05, 4.69) is 0 Å². The Morgan fingerprint density at radius 2 is 1.74 bits per heavy atom. The Morgan fingerprint density at radius 1 is 1.11 bits per heavy atom. The Labute approximate surface area is 116 Å². The number of amides is 1. The number of carbonyl (C=O) groups is 2. The summed E-state index contributed by atoms with van der Waals surface area (Å²) in [5.74, 6) is -0.268. The fourth-order valence-corrected chi connectivity index (χ4v) is 1.83. The van der Waals surface area contributed by atoms with Crippen LogP contribution < -0.4 is 0 Å². The number of rotatable bonds is 8. The van der Waals surface area contributed by atoms with Gasteiger partial charge in [-0.15, -0.1) is 0 Å². The molecule has 0 bridgehead atoms. The first-order chi connectivity index (χ1) is 8.93. The van der Waals surface area contributed by atoms with Crippen molar-refractivity contribution in [3.05, 3.63) is 0 Å². The smallest absolute Gasteiger partial charge is 0.410 e. The number of ether oxygens (including phenoxy) is 2. The van der Waals surface area contributed by atoms with Crippen LogP contribution in [0.2, 0.25) is 0 Å². The zero-order valence-corrected chi connectivity index (χ0v) is 12.8. The third-order valence-corrected chi connectivity index (χ3v) is 2.73. The van der Waals surface area contributed by atoms with Crippen molar-refractivity contribution in [2.24, 2.45) is 0 Å². The molecule has 0 heterocycles. The summed E-state index contributed by atoms with van der Waals surface area (Å²) in [6.07, 6.45) is 1.67. The summed E-state index contributed by atoms with van der Waals surface area (Å²) in [7, 11) is 0. The fourth-order valence-electron chi connectivity index (χ4n) is 1.83. The summed E-state index contributed by atoms with van der Waals surface area (Å²) in [6, 6.07) is -0.245. The van der Waals surface area contributed by atoms with Crippen LogP contribution in [0, 0.1) is 0 Å². The molecule has 1 amide bonds. The summed E-state index contributed by atoms with van der Waals surface area (Å²) in [5, 5.41) is 0. The molecule has 5 nitrogen and oxygen atoms in total. The zero-order chi connectivity index (χ0) is 14.8. The first-order valence-electron chi connectivity index (χ1n) is 7.04. The molecule has 0 aromatic rings. The molecule has 0 aliphatic heterocycles. The van der Waals surface area contributed by atoms with E-state index >= 15 is 0 Å². The second-order valence-electron chi connectivity index (χ2n) is 4.83. The Bertz CT molecular complexity index is 279. The Morgan fingerprint density at radius 3 is 2.21 bits per heavy atom. The van der Waals surface area contributed by atoms with Crippen molar-refractivity contribution in [3.8, 4) is 0 Å². The van der Waals surface area contributed by atoms with Gasteiger partial charge >= 0.3 is 12.1 Å². The Hall–Kier alpha value is -1.26. The van der Waals surface area contributed by atoms with Crippen LogP contribution in [0.15, 0.2) is 0 Å². The molecule has 0 aliphatic rings. The van der Waals surface area contributed by atoms with Crippen LogP contribution in [-0.4, -0.2) is 42.3 Å². The molecule has 1 atom stereocenters. The van der Waals surface area contributed by atoms with Crippen LogP contribution in [0.1, 0.15) is 53.9 Å². The van der Waals surface area contributed by atoms with Crippen LogP contribution in [-0.2, 0) is 14.3 Å². The van der Waals surface area contributed by atoms with Crippen molar-refractivity contribution >= 4 is 12.1 Å². The van der Waals surface area contributed by atoms with Gasteiger partial charge in [-0.3, -0.25) is 4.79 Å². The summed E-state index contributed by atoms with van der Waals surface area (Å²) in [6.45, 7) is 10.2. The van der Waals surface area contributed by atoms with Gasteiger partial charge in [-0.2, -0.15) is 0 Å². The standard InChI is InChI=1S/C14H27NO4/c1-6-8-9-19-13(16)10-12(5)15(11(3)4)14(17)18-7-2/h11-12H,6-10H2,1-5H3. The molecule has 5 heteroatoms. The second-order valence-corrected chi connectivity index (χ2v) is 4.83. The molecule has 0 N–H and O–H groups in total. The third-order valence-electron chi connectivity index (χ3n) is 2.73. The van der Waals surface area contributed by atoms with Crippen molar-refractivity contribution in [2.45, 2.75) is 66.0 Å². The van der Waals surface area contributed by atoms with E-state index in [9.17, 15) is 9.59 Å². The Balaban J connectivity index is 4.35. The largest absolute Gasteiger partial charge is 0.466 e. The average molecular weight is 273 g/mol.